The summed E-state index contributed by atoms with van der Waals surface area (Å²) in [6.07, 6.45) is 3.58. The van der Waals surface area contributed by atoms with Crippen LogP contribution >= 0.6 is 22.9 Å². The van der Waals surface area contributed by atoms with E-state index in [1.54, 1.807) is 11.3 Å². The van der Waals surface area contributed by atoms with Crippen molar-refractivity contribution >= 4 is 22.9 Å². The fraction of sp³-hybridized carbons (Fsp3) is 0.444. The van der Waals surface area contributed by atoms with Crippen LogP contribution in [0.25, 0.3) is 0 Å². The molecule has 0 aromatic carbocycles. The summed E-state index contributed by atoms with van der Waals surface area (Å²) in [5.41, 5.74) is 5.68. The van der Waals surface area contributed by atoms with Crippen molar-refractivity contribution in [2.75, 3.05) is 0 Å². The molecule has 0 radical (unpaired) electrons. The highest BCUT2D eigenvalue weighted by Crippen LogP contribution is 2.24. The topological polar surface area (TPSA) is 76.7 Å². The van der Waals surface area contributed by atoms with Crippen molar-refractivity contribution < 1.29 is 0 Å². The predicted octanol–water partition coefficient (Wildman–Crippen LogP) is 1.30. The number of hydrogen-bond donors (Lipinski definition) is 2. The van der Waals surface area contributed by atoms with E-state index >= 15 is 0 Å². The van der Waals surface area contributed by atoms with Gasteiger partial charge in [0.25, 0.3) is 0 Å². The standard InChI is InChI=1S/C9H13N5S2/c1-2-7-9(16-14-13-7)8(12-10)3-6-4-11-5-15-6/h4-5,8,12H,2-3,10H2,1H3. The minimum absolute atomic E-state index is 0.0791. The highest BCUT2D eigenvalue weighted by molar-refractivity contribution is 7.09. The molecule has 0 bridgehead atoms. The summed E-state index contributed by atoms with van der Waals surface area (Å²) in [4.78, 5) is 6.39. The summed E-state index contributed by atoms with van der Waals surface area (Å²) in [5, 5.41) is 4.09. The zero-order valence-corrected chi connectivity index (χ0v) is 10.5. The second-order valence-corrected chi connectivity index (χ2v) is 5.09. The molecule has 1 unspecified atom stereocenters. The van der Waals surface area contributed by atoms with Crippen LogP contribution in [0.3, 0.4) is 0 Å². The van der Waals surface area contributed by atoms with E-state index in [1.807, 2.05) is 11.7 Å². The van der Waals surface area contributed by atoms with E-state index in [4.69, 9.17) is 5.84 Å². The number of nitrogens with two attached hydrogens (primary N) is 1. The van der Waals surface area contributed by atoms with Crippen LogP contribution < -0.4 is 11.3 Å². The van der Waals surface area contributed by atoms with Gasteiger partial charge >= 0.3 is 0 Å². The number of hydrazine groups is 1. The molecular weight excluding hydrogens is 242 g/mol. The molecule has 0 fully saturated rings. The first-order valence-electron chi connectivity index (χ1n) is 4.99. The number of rotatable bonds is 5. The quantitative estimate of drug-likeness (QED) is 0.622. The molecule has 3 N–H and O–H groups in total. The van der Waals surface area contributed by atoms with Gasteiger partial charge in [-0.3, -0.25) is 16.3 Å². The Labute approximate surface area is 102 Å². The monoisotopic (exact) mass is 255 g/mol. The van der Waals surface area contributed by atoms with E-state index in [9.17, 15) is 0 Å². The van der Waals surface area contributed by atoms with E-state index in [0.29, 0.717) is 0 Å². The van der Waals surface area contributed by atoms with Crippen molar-refractivity contribution in [3.8, 4) is 0 Å². The van der Waals surface area contributed by atoms with Gasteiger partial charge in [0.15, 0.2) is 0 Å². The molecule has 86 valence electrons. The Morgan fingerprint density at radius 1 is 1.56 bits per heavy atom. The SMILES string of the molecule is CCc1nnsc1C(Cc1cncs1)NN. The largest absolute Gasteiger partial charge is 0.271 e. The van der Waals surface area contributed by atoms with Crippen LogP contribution in [-0.2, 0) is 12.8 Å². The first-order chi connectivity index (χ1) is 7.85. The molecule has 0 saturated carbocycles. The Morgan fingerprint density at radius 2 is 2.44 bits per heavy atom. The Morgan fingerprint density at radius 3 is 3.06 bits per heavy atom. The first kappa shape index (κ1) is 11.6. The molecule has 2 heterocycles. The summed E-state index contributed by atoms with van der Waals surface area (Å²) < 4.78 is 3.97. The molecule has 1 atom stereocenters. The third-order valence-corrected chi connectivity index (χ3v) is 4.01. The maximum atomic E-state index is 5.59. The molecular formula is C9H13N5S2. The van der Waals surface area contributed by atoms with Crippen molar-refractivity contribution in [1.29, 1.82) is 0 Å². The lowest BCUT2D eigenvalue weighted by Crippen LogP contribution is -2.29. The average molecular weight is 255 g/mol. The molecule has 0 aliphatic heterocycles. The number of aromatic nitrogens is 3. The summed E-state index contributed by atoms with van der Waals surface area (Å²) >= 11 is 3.04. The van der Waals surface area contributed by atoms with Gasteiger partial charge in [0.1, 0.15) is 0 Å². The summed E-state index contributed by atoms with van der Waals surface area (Å²) in [7, 11) is 0. The van der Waals surface area contributed by atoms with Gasteiger partial charge in [0.05, 0.1) is 22.1 Å². The Hall–Kier alpha value is -0.890. The third kappa shape index (κ3) is 2.43. The van der Waals surface area contributed by atoms with Gasteiger partial charge in [-0.25, -0.2) is 0 Å². The van der Waals surface area contributed by atoms with Crippen molar-refractivity contribution in [2.24, 2.45) is 5.84 Å². The minimum Gasteiger partial charge on any atom is -0.271 e. The van der Waals surface area contributed by atoms with Crippen LogP contribution in [0, 0.1) is 0 Å². The van der Waals surface area contributed by atoms with E-state index in [0.717, 1.165) is 23.4 Å². The second kappa shape index (κ2) is 5.44. The number of thiazole rings is 1. The highest BCUT2D eigenvalue weighted by atomic mass is 32.1. The van der Waals surface area contributed by atoms with E-state index in [1.165, 1.54) is 16.4 Å². The van der Waals surface area contributed by atoms with Gasteiger partial charge in [0.2, 0.25) is 0 Å². The van der Waals surface area contributed by atoms with Gasteiger partial charge in [-0.15, -0.1) is 16.4 Å². The van der Waals surface area contributed by atoms with Crippen LogP contribution in [0.4, 0.5) is 0 Å². The number of nitrogens with zero attached hydrogens (tertiary/aromatic N) is 3. The Bertz CT molecular complexity index is 425. The van der Waals surface area contributed by atoms with E-state index in [2.05, 4.69) is 26.9 Å². The lowest BCUT2D eigenvalue weighted by atomic mass is 10.1. The maximum Gasteiger partial charge on any atom is 0.0801 e. The van der Waals surface area contributed by atoms with Crippen molar-refractivity contribution in [1.82, 2.24) is 20.0 Å². The molecule has 16 heavy (non-hydrogen) atoms. The highest BCUT2D eigenvalue weighted by Gasteiger charge is 2.18. The molecule has 2 aromatic rings. The Balaban J connectivity index is 2.16. The molecule has 0 spiro atoms. The fourth-order valence-corrected chi connectivity index (χ4v) is 2.93. The number of nitrogens with one attached hydrogen (secondary N) is 1. The number of aryl methyl sites for hydroxylation is 1. The Kier molecular flexibility index (Phi) is 3.94. The molecule has 0 aliphatic carbocycles. The summed E-state index contributed by atoms with van der Waals surface area (Å²) in [5.74, 6) is 5.59. The van der Waals surface area contributed by atoms with E-state index < -0.39 is 0 Å². The molecule has 0 saturated heterocycles. The zero-order chi connectivity index (χ0) is 11.4. The number of hydrogen-bond acceptors (Lipinski definition) is 7. The molecule has 5 nitrogen and oxygen atoms in total. The lowest BCUT2D eigenvalue weighted by Gasteiger charge is -2.13. The molecule has 2 rings (SSSR count). The van der Waals surface area contributed by atoms with E-state index in [-0.39, 0.29) is 6.04 Å². The average Bonchev–Trinajstić information content (AvgIpc) is 2.96. The van der Waals surface area contributed by atoms with Crippen LogP contribution in [0.15, 0.2) is 11.7 Å². The lowest BCUT2D eigenvalue weighted by molar-refractivity contribution is 0.558. The van der Waals surface area contributed by atoms with Gasteiger partial charge in [-0.2, -0.15) is 0 Å². The third-order valence-electron chi connectivity index (χ3n) is 2.33. The van der Waals surface area contributed by atoms with Crippen molar-refractivity contribution in [2.45, 2.75) is 25.8 Å². The normalized spacial score (nSPS) is 12.9. The van der Waals surface area contributed by atoms with Crippen LogP contribution in [0.2, 0.25) is 0 Å². The zero-order valence-electron chi connectivity index (χ0n) is 8.88. The predicted molar refractivity (Wildman–Crippen MR) is 65.2 cm³/mol. The van der Waals surface area contributed by atoms with Gasteiger partial charge in [-0.1, -0.05) is 11.4 Å². The minimum atomic E-state index is 0.0791. The summed E-state index contributed by atoms with van der Waals surface area (Å²) in [6, 6.07) is 0.0791. The van der Waals surface area contributed by atoms with Gasteiger partial charge < -0.3 is 0 Å². The van der Waals surface area contributed by atoms with Gasteiger partial charge in [-0.05, 0) is 18.0 Å². The molecule has 7 heteroatoms. The van der Waals surface area contributed by atoms with Crippen molar-refractivity contribution in [3.63, 3.8) is 0 Å². The first-order valence-corrected chi connectivity index (χ1v) is 6.65. The molecule has 0 amide bonds. The smallest absolute Gasteiger partial charge is 0.0801 e. The summed E-state index contributed by atoms with van der Waals surface area (Å²) in [6.45, 7) is 2.07. The van der Waals surface area contributed by atoms with Crippen LogP contribution in [0.1, 0.15) is 28.4 Å². The second-order valence-electron chi connectivity index (χ2n) is 3.33. The fourth-order valence-electron chi connectivity index (χ4n) is 1.50. The van der Waals surface area contributed by atoms with Crippen molar-refractivity contribution in [3.05, 3.63) is 27.2 Å². The van der Waals surface area contributed by atoms with Gasteiger partial charge in [0, 0.05) is 17.5 Å². The van der Waals surface area contributed by atoms with Crippen LogP contribution in [0.5, 0.6) is 0 Å². The molecule has 2 aromatic heterocycles. The maximum absolute atomic E-state index is 5.59. The van der Waals surface area contributed by atoms with Crippen LogP contribution in [-0.4, -0.2) is 14.6 Å². The molecule has 0 aliphatic rings.